The van der Waals surface area contributed by atoms with Crippen LogP contribution in [-0.4, -0.2) is 85.0 Å². The number of fused-ring (bicyclic) bond motifs is 1. The van der Waals surface area contributed by atoms with E-state index in [1.165, 1.54) is 0 Å². The molecule has 2 N–H and O–H groups in total. The van der Waals surface area contributed by atoms with Crippen LogP contribution >= 0.6 is 0 Å². The van der Waals surface area contributed by atoms with Crippen molar-refractivity contribution in [2.75, 3.05) is 39.4 Å². The molecule has 3 heterocycles. The van der Waals surface area contributed by atoms with Crippen molar-refractivity contribution < 1.29 is 19.1 Å². The van der Waals surface area contributed by atoms with Crippen LogP contribution in [0, 0.1) is 5.92 Å². The number of rotatable bonds is 5. The lowest BCUT2D eigenvalue weighted by atomic mass is 10.0. The van der Waals surface area contributed by atoms with E-state index >= 15 is 0 Å². The number of hydrogen-bond donors (Lipinski definition) is 2. The molecule has 0 aromatic heterocycles. The Morgan fingerprint density at radius 1 is 1.23 bits per heavy atom. The van der Waals surface area contributed by atoms with Gasteiger partial charge in [-0.25, -0.2) is 0 Å². The van der Waals surface area contributed by atoms with Crippen LogP contribution in [0.4, 0.5) is 0 Å². The van der Waals surface area contributed by atoms with Crippen molar-refractivity contribution in [3.8, 4) is 0 Å². The van der Waals surface area contributed by atoms with Gasteiger partial charge in [-0.3, -0.25) is 19.3 Å². The Bertz CT molecular complexity index is 574. The molecular weight excluding hydrogens is 336 g/mol. The first-order chi connectivity index (χ1) is 12.6. The lowest BCUT2D eigenvalue weighted by Crippen LogP contribution is -2.58. The fraction of sp³-hybridized carbons (Fsp3) is 0.833. The third-order valence-electron chi connectivity index (χ3n) is 5.97. The number of nitrogens with one attached hydrogen (secondary N) is 2. The van der Waals surface area contributed by atoms with Crippen LogP contribution in [0.15, 0.2) is 0 Å². The van der Waals surface area contributed by atoms with Gasteiger partial charge in [-0.2, -0.15) is 0 Å². The molecule has 0 radical (unpaired) electrons. The molecule has 4 aliphatic rings. The zero-order valence-corrected chi connectivity index (χ0v) is 15.1. The van der Waals surface area contributed by atoms with Gasteiger partial charge in [0.1, 0.15) is 0 Å². The van der Waals surface area contributed by atoms with E-state index in [-0.39, 0.29) is 41.8 Å². The third kappa shape index (κ3) is 3.86. The maximum absolute atomic E-state index is 12.4. The Morgan fingerprint density at radius 3 is 2.73 bits per heavy atom. The molecule has 4 rings (SSSR count). The molecule has 0 bridgehead atoms. The van der Waals surface area contributed by atoms with Crippen molar-refractivity contribution in [1.29, 1.82) is 0 Å². The molecule has 144 valence electrons. The molecule has 0 aromatic rings. The van der Waals surface area contributed by atoms with E-state index in [0.717, 1.165) is 19.3 Å². The summed E-state index contributed by atoms with van der Waals surface area (Å²) in [5, 5.41) is 6.08. The molecule has 8 nitrogen and oxygen atoms in total. The molecule has 3 amide bonds. The topological polar surface area (TPSA) is 91.0 Å². The Hall–Kier alpha value is -1.67. The van der Waals surface area contributed by atoms with Gasteiger partial charge in [0.25, 0.3) is 0 Å². The normalized spacial score (nSPS) is 32.1. The first-order valence-electron chi connectivity index (χ1n) is 9.81. The number of carbonyl (C=O) groups excluding carboxylic acids is 3. The first kappa shape index (κ1) is 17.7. The highest BCUT2D eigenvalue weighted by Crippen LogP contribution is 2.31. The van der Waals surface area contributed by atoms with Crippen LogP contribution < -0.4 is 10.6 Å². The summed E-state index contributed by atoms with van der Waals surface area (Å²) in [5.74, 6) is 0.529. The zero-order chi connectivity index (χ0) is 18.1. The second-order valence-corrected chi connectivity index (χ2v) is 7.86. The van der Waals surface area contributed by atoms with E-state index in [1.807, 2.05) is 4.90 Å². The van der Waals surface area contributed by atoms with Crippen LogP contribution in [-0.2, 0) is 19.1 Å². The average molecular weight is 364 g/mol. The quantitative estimate of drug-likeness (QED) is 0.659. The van der Waals surface area contributed by atoms with Gasteiger partial charge in [0, 0.05) is 50.6 Å². The lowest BCUT2D eigenvalue weighted by molar-refractivity contribution is -0.136. The number of nitrogens with zero attached hydrogens (tertiary/aromatic N) is 2. The number of morpholine rings is 1. The van der Waals surface area contributed by atoms with Crippen molar-refractivity contribution in [2.45, 2.75) is 50.2 Å². The molecule has 26 heavy (non-hydrogen) atoms. The monoisotopic (exact) mass is 364 g/mol. The smallest absolute Gasteiger partial charge is 0.237 e. The molecule has 4 fully saturated rings. The Morgan fingerprint density at radius 2 is 2.00 bits per heavy atom. The summed E-state index contributed by atoms with van der Waals surface area (Å²) in [4.78, 5) is 40.7. The zero-order valence-electron chi connectivity index (χ0n) is 15.1. The van der Waals surface area contributed by atoms with E-state index in [2.05, 4.69) is 15.5 Å². The Labute approximate surface area is 153 Å². The van der Waals surface area contributed by atoms with E-state index < -0.39 is 0 Å². The number of piperazine rings is 1. The van der Waals surface area contributed by atoms with Crippen molar-refractivity contribution in [2.24, 2.45) is 5.92 Å². The van der Waals surface area contributed by atoms with Crippen molar-refractivity contribution in [1.82, 2.24) is 20.4 Å². The average Bonchev–Trinajstić information content (AvgIpc) is 3.42. The van der Waals surface area contributed by atoms with E-state index in [1.54, 1.807) is 0 Å². The summed E-state index contributed by atoms with van der Waals surface area (Å²) < 4.78 is 5.29. The molecule has 0 unspecified atom stereocenters. The predicted molar refractivity (Wildman–Crippen MR) is 93.2 cm³/mol. The van der Waals surface area contributed by atoms with Gasteiger partial charge in [0.2, 0.25) is 17.7 Å². The highest BCUT2D eigenvalue weighted by molar-refractivity contribution is 5.84. The van der Waals surface area contributed by atoms with Crippen LogP contribution in [0.25, 0.3) is 0 Å². The van der Waals surface area contributed by atoms with Crippen molar-refractivity contribution in [3.05, 3.63) is 0 Å². The number of amides is 3. The van der Waals surface area contributed by atoms with Gasteiger partial charge in [-0.1, -0.05) is 0 Å². The molecule has 3 saturated heterocycles. The maximum Gasteiger partial charge on any atom is 0.237 e. The molecule has 1 aliphatic carbocycles. The molecule has 8 heteroatoms. The highest BCUT2D eigenvalue weighted by Gasteiger charge is 2.44. The third-order valence-corrected chi connectivity index (χ3v) is 5.97. The van der Waals surface area contributed by atoms with Crippen LogP contribution in [0.2, 0.25) is 0 Å². The molecule has 1 saturated carbocycles. The fourth-order valence-electron chi connectivity index (χ4n) is 4.27. The molecule has 3 atom stereocenters. The first-order valence-corrected chi connectivity index (χ1v) is 9.81. The van der Waals surface area contributed by atoms with Gasteiger partial charge in [0.15, 0.2) is 0 Å². The van der Waals surface area contributed by atoms with Gasteiger partial charge in [0.05, 0.1) is 19.3 Å². The number of carbonyl (C=O) groups is 3. The van der Waals surface area contributed by atoms with E-state index in [9.17, 15) is 14.4 Å². The molecule has 0 aromatic carbocycles. The van der Waals surface area contributed by atoms with Gasteiger partial charge >= 0.3 is 0 Å². The second-order valence-electron chi connectivity index (χ2n) is 7.86. The lowest BCUT2D eigenvalue weighted by Gasteiger charge is -2.37. The SMILES string of the molecule is O=C(N[C@H]1C[C@H]2C(=O)NC[C@@H](CCC(=O)N3CCOCC3)N2C1)C1CC1. The van der Waals surface area contributed by atoms with Crippen LogP contribution in [0.5, 0.6) is 0 Å². The predicted octanol–water partition coefficient (Wildman–Crippen LogP) is -0.907. The second kappa shape index (κ2) is 7.52. The summed E-state index contributed by atoms with van der Waals surface area (Å²) in [6.07, 6.45) is 3.86. The summed E-state index contributed by atoms with van der Waals surface area (Å²) in [7, 11) is 0. The van der Waals surface area contributed by atoms with Gasteiger partial charge in [-0.05, 0) is 25.7 Å². The highest BCUT2D eigenvalue weighted by atomic mass is 16.5. The summed E-state index contributed by atoms with van der Waals surface area (Å²) >= 11 is 0. The van der Waals surface area contributed by atoms with E-state index in [0.29, 0.717) is 52.2 Å². The van der Waals surface area contributed by atoms with Crippen molar-refractivity contribution >= 4 is 17.7 Å². The molecular formula is C18H28N4O4. The molecule has 3 aliphatic heterocycles. The molecule has 0 spiro atoms. The minimum atomic E-state index is -0.184. The Balaban J connectivity index is 1.31. The van der Waals surface area contributed by atoms with Crippen molar-refractivity contribution in [3.63, 3.8) is 0 Å². The number of ether oxygens (including phenoxy) is 1. The van der Waals surface area contributed by atoms with Crippen LogP contribution in [0.1, 0.15) is 32.1 Å². The summed E-state index contributed by atoms with van der Waals surface area (Å²) in [6, 6.07) is 0.0108. The summed E-state index contributed by atoms with van der Waals surface area (Å²) in [5.41, 5.74) is 0. The maximum atomic E-state index is 12.4. The minimum absolute atomic E-state index is 0.0365. The van der Waals surface area contributed by atoms with Gasteiger partial charge < -0.3 is 20.3 Å². The van der Waals surface area contributed by atoms with Gasteiger partial charge in [-0.15, -0.1) is 0 Å². The fourth-order valence-corrected chi connectivity index (χ4v) is 4.27. The number of hydrogen-bond acceptors (Lipinski definition) is 5. The van der Waals surface area contributed by atoms with E-state index in [4.69, 9.17) is 4.74 Å². The minimum Gasteiger partial charge on any atom is -0.378 e. The summed E-state index contributed by atoms with van der Waals surface area (Å²) in [6.45, 7) is 3.84. The van der Waals surface area contributed by atoms with Crippen LogP contribution in [0.3, 0.4) is 0 Å². The standard InChI is InChI=1S/C18H28N4O4/c23-16(21-5-7-26-8-6-21)4-3-14-10-19-18(25)15-9-13(11-22(14)15)20-17(24)12-1-2-12/h12-15H,1-11H2,(H,19,25)(H,20,24)/t13-,14+,15-/m0/s1. The largest absolute Gasteiger partial charge is 0.378 e. The Kier molecular flexibility index (Phi) is 5.13.